The average Bonchev–Trinajstić information content (AvgIpc) is 2.89. The summed E-state index contributed by atoms with van der Waals surface area (Å²) < 4.78 is 6.47. The van der Waals surface area contributed by atoms with Crippen LogP contribution in [-0.4, -0.2) is 15.5 Å². The number of pyridine rings is 1. The second kappa shape index (κ2) is 6.48. The fraction of sp³-hybridized carbons (Fsp3) is 0.235. The zero-order valence-corrected chi connectivity index (χ0v) is 12.7. The van der Waals surface area contributed by atoms with Crippen LogP contribution in [0.15, 0.2) is 58.0 Å². The second-order valence-corrected chi connectivity index (χ2v) is 5.23. The Kier molecular flexibility index (Phi) is 4.23. The fourth-order valence-corrected chi connectivity index (χ4v) is 2.56. The van der Waals surface area contributed by atoms with Gasteiger partial charge in [0.15, 0.2) is 5.58 Å². The molecule has 0 aliphatic heterocycles. The van der Waals surface area contributed by atoms with Gasteiger partial charge < -0.3 is 9.73 Å². The van der Waals surface area contributed by atoms with Gasteiger partial charge in [-0.1, -0.05) is 19.1 Å². The van der Waals surface area contributed by atoms with Crippen molar-refractivity contribution in [2.75, 3.05) is 0 Å². The van der Waals surface area contributed by atoms with E-state index in [-0.39, 0.29) is 18.5 Å². The number of nitrogens with one attached hydrogen (secondary N) is 1. The molecule has 0 radical (unpaired) electrons. The zero-order valence-electron chi connectivity index (χ0n) is 12.7. The molecule has 1 atom stereocenters. The highest BCUT2D eigenvalue weighted by Crippen LogP contribution is 2.16. The highest BCUT2D eigenvalue weighted by molar-refractivity contribution is 5.79. The number of nitrogens with zero attached hydrogens (tertiary/aromatic N) is 2. The molecule has 0 saturated carbocycles. The smallest absolute Gasteiger partial charge is 0.408 e. The van der Waals surface area contributed by atoms with Gasteiger partial charge in [0.1, 0.15) is 6.54 Å². The lowest BCUT2D eigenvalue weighted by Gasteiger charge is -2.17. The van der Waals surface area contributed by atoms with E-state index in [1.54, 1.807) is 36.7 Å². The topological polar surface area (TPSA) is 77.1 Å². The maximum absolute atomic E-state index is 12.3. The minimum absolute atomic E-state index is 0.0720. The van der Waals surface area contributed by atoms with Gasteiger partial charge in [0.25, 0.3) is 0 Å². The Labute approximate surface area is 132 Å². The number of rotatable bonds is 5. The van der Waals surface area contributed by atoms with Gasteiger partial charge in [0.05, 0.1) is 11.6 Å². The van der Waals surface area contributed by atoms with E-state index in [1.807, 2.05) is 19.1 Å². The summed E-state index contributed by atoms with van der Waals surface area (Å²) >= 11 is 0. The Balaban J connectivity index is 1.78. The van der Waals surface area contributed by atoms with Crippen molar-refractivity contribution in [3.63, 3.8) is 0 Å². The van der Waals surface area contributed by atoms with E-state index in [2.05, 4.69) is 10.3 Å². The summed E-state index contributed by atoms with van der Waals surface area (Å²) in [5.41, 5.74) is 2.08. The number of hydrogen-bond donors (Lipinski definition) is 1. The van der Waals surface area contributed by atoms with E-state index < -0.39 is 5.76 Å². The maximum atomic E-state index is 12.3. The molecule has 6 heteroatoms. The summed E-state index contributed by atoms with van der Waals surface area (Å²) in [6, 6.07) is 10.7. The van der Waals surface area contributed by atoms with E-state index in [0.717, 1.165) is 12.0 Å². The van der Waals surface area contributed by atoms with Gasteiger partial charge in [-0.2, -0.15) is 0 Å². The van der Waals surface area contributed by atoms with Crippen molar-refractivity contribution in [1.82, 2.24) is 14.9 Å². The molecule has 6 nitrogen and oxygen atoms in total. The number of oxazole rings is 1. The molecule has 1 N–H and O–H groups in total. The molecule has 0 fully saturated rings. The van der Waals surface area contributed by atoms with Crippen LogP contribution in [0.4, 0.5) is 0 Å². The van der Waals surface area contributed by atoms with Crippen LogP contribution in [0.25, 0.3) is 11.1 Å². The first-order chi connectivity index (χ1) is 11.2. The van der Waals surface area contributed by atoms with Gasteiger partial charge in [-0.15, -0.1) is 0 Å². The lowest BCUT2D eigenvalue weighted by atomic mass is 10.1. The van der Waals surface area contributed by atoms with E-state index in [4.69, 9.17) is 4.42 Å². The van der Waals surface area contributed by atoms with Crippen molar-refractivity contribution in [3.8, 4) is 0 Å². The first-order valence-electron chi connectivity index (χ1n) is 7.46. The highest BCUT2D eigenvalue weighted by Gasteiger charge is 2.16. The van der Waals surface area contributed by atoms with Crippen LogP contribution in [0, 0.1) is 0 Å². The molecule has 2 heterocycles. The maximum Gasteiger partial charge on any atom is 0.420 e. The molecule has 2 aromatic heterocycles. The Morgan fingerprint density at radius 1 is 1.26 bits per heavy atom. The molecule has 1 amide bonds. The lowest BCUT2D eigenvalue weighted by molar-refractivity contribution is -0.122. The summed E-state index contributed by atoms with van der Waals surface area (Å²) in [5, 5.41) is 2.95. The number of hydrogen-bond acceptors (Lipinski definition) is 4. The van der Waals surface area contributed by atoms with Crippen molar-refractivity contribution in [3.05, 3.63) is 64.9 Å². The summed E-state index contributed by atoms with van der Waals surface area (Å²) in [7, 11) is 0. The van der Waals surface area contributed by atoms with Crippen LogP contribution in [0.1, 0.15) is 24.9 Å². The van der Waals surface area contributed by atoms with Crippen LogP contribution in [0.5, 0.6) is 0 Å². The summed E-state index contributed by atoms with van der Waals surface area (Å²) in [5.74, 6) is -0.763. The minimum atomic E-state index is -0.529. The van der Waals surface area contributed by atoms with Gasteiger partial charge in [-0.3, -0.25) is 14.3 Å². The summed E-state index contributed by atoms with van der Waals surface area (Å²) in [6.07, 6.45) is 4.13. The third kappa shape index (κ3) is 3.15. The monoisotopic (exact) mass is 311 g/mol. The van der Waals surface area contributed by atoms with Crippen molar-refractivity contribution < 1.29 is 9.21 Å². The molecule has 0 aliphatic rings. The van der Waals surface area contributed by atoms with Crippen LogP contribution >= 0.6 is 0 Å². The van der Waals surface area contributed by atoms with Crippen LogP contribution in [0.3, 0.4) is 0 Å². The molecule has 118 valence electrons. The molecule has 0 bridgehead atoms. The third-order valence-electron chi connectivity index (χ3n) is 3.73. The van der Waals surface area contributed by atoms with Gasteiger partial charge in [0.2, 0.25) is 5.91 Å². The number of carbonyl (C=O) groups is 1. The van der Waals surface area contributed by atoms with E-state index in [0.29, 0.717) is 11.1 Å². The van der Waals surface area contributed by atoms with Gasteiger partial charge in [-0.05, 0) is 36.2 Å². The Bertz CT molecular complexity index is 867. The average molecular weight is 311 g/mol. The van der Waals surface area contributed by atoms with Crippen LogP contribution in [-0.2, 0) is 11.3 Å². The Hall–Kier alpha value is -2.89. The second-order valence-electron chi connectivity index (χ2n) is 5.23. The van der Waals surface area contributed by atoms with Gasteiger partial charge in [0, 0.05) is 12.4 Å². The standard InChI is InChI=1S/C17H17N3O3/c1-2-13(12-7-9-18-10-8-12)19-16(21)11-20-14-5-3-4-6-15(14)23-17(20)22/h3-10,13H,2,11H2,1H3,(H,19,21). The minimum Gasteiger partial charge on any atom is -0.408 e. The van der Waals surface area contributed by atoms with Crippen molar-refractivity contribution in [1.29, 1.82) is 0 Å². The number of para-hydroxylation sites is 2. The molecule has 0 saturated heterocycles. The molecule has 3 aromatic rings. The molecule has 0 spiro atoms. The van der Waals surface area contributed by atoms with E-state index in [1.165, 1.54) is 4.57 Å². The SMILES string of the molecule is CCC(NC(=O)Cn1c(=O)oc2ccccc21)c1ccncc1. The first kappa shape index (κ1) is 15.0. The van der Waals surface area contributed by atoms with Crippen LogP contribution in [0.2, 0.25) is 0 Å². The number of benzene rings is 1. The number of amides is 1. The Morgan fingerprint density at radius 3 is 2.74 bits per heavy atom. The van der Waals surface area contributed by atoms with Crippen molar-refractivity contribution in [2.45, 2.75) is 25.9 Å². The zero-order chi connectivity index (χ0) is 16.2. The number of fused-ring (bicyclic) bond motifs is 1. The third-order valence-corrected chi connectivity index (χ3v) is 3.73. The predicted molar refractivity (Wildman–Crippen MR) is 85.9 cm³/mol. The van der Waals surface area contributed by atoms with E-state index in [9.17, 15) is 9.59 Å². The largest absolute Gasteiger partial charge is 0.420 e. The molecular weight excluding hydrogens is 294 g/mol. The molecule has 23 heavy (non-hydrogen) atoms. The summed E-state index contributed by atoms with van der Waals surface area (Å²) in [6.45, 7) is 1.92. The Morgan fingerprint density at radius 2 is 2.00 bits per heavy atom. The number of carbonyl (C=O) groups excluding carboxylic acids is 1. The van der Waals surface area contributed by atoms with Gasteiger partial charge >= 0.3 is 5.76 Å². The van der Waals surface area contributed by atoms with Crippen molar-refractivity contribution >= 4 is 17.0 Å². The predicted octanol–water partition coefficient (Wildman–Crippen LogP) is 2.26. The van der Waals surface area contributed by atoms with Crippen molar-refractivity contribution in [2.24, 2.45) is 0 Å². The molecule has 3 rings (SSSR count). The normalized spacial score (nSPS) is 12.2. The fourth-order valence-electron chi connectivity index (χ4n) is 2.56. The quantitative estimate of drug-likeness (QED) is 0.784. The van der Waals surface area contributed by atoms with Crippen LogP contribution < -0.4 is 11.1 Å². The van der Waals surface area contributed by atoms with E-state index >= 15 is 0 Å². The highest BCUT2D eigenvalue weighted by atomic mass is 16.4. The molecule has 0 aliphatic carbocycles. The molecule has 1 aromatic carbocycles. The molecule has 1 unspecified atom stereocenters. The summed E-state index contributed by atoms with van der Waals surface area (Å²) in [4.78, 5) is 28.2. The number of aromatic nitrogens is 2. The first-order valence-corrected chi connectivity index (χ1v) is 7.46. The van der Waals surface area contributed by atoms with Gasteiger partial charge in [-0.25, -0.2) is 4.79 Å². The lowest BCUT2D eigenvalue weighted by Crippen LogP contribution is -2.33. The molecular formula is C17H17N3O3.